The SMILES string of the molecule is CON=C(C(=O)NC1C(=O)N2C(C(=O)O)=CCS[C@H]12)c1cccc(NC=O)n1. The number of hydrogen-bond acceptors (Lipinski definition) is 8. The molecule has 1 fully saturated rings. The molecule has 11 nitrogen and oxygen atoms in total. The average Bonchev–Trinajstić information content (AvgIpc) is 2.69. The van der Waals surface area contributed by atoms with E-state index >= 15 is 0 Å². The lowest BCUT2D eigenvalue weighted by Crippen LogP contribution is -2.70. The summed E-state index contributed by atoms with van der Waals surface area (Å²) in [6.45, 7) is 0. The lowest BCUT2D eigenvalue weighted by Gasteiger charge is -2.48. The van der Waals surface area contributed by atoms with Gasteiger partial charge in [-0.3, -0.25) is 19.3 Å². The van der Waals surface area contributed by atoms with Crippen molar-refractivity contribution in [2.24, 2.45) is 5.16 Å². The minimum atomic E-state index is -1.20. The molecule has 3 amide bonds. The van der Waals surface area contributed by atoms with Gasteiger partial charge in [-0.25, -0.2) is 9.78 Å². The Hall–Kier alpha value is -3.41. The predicted octanol–water partition coefficient (Wildman–Crippen LogP) is -0.631. The molecular weight excluding hydrogens is 390 g/mol. The van der Waals surface area contributed by atoms with Crippen molar-refractivity contribution in [3.63, 3.8) is 0 Å². The second-order valence-corrected chi connectivity index (χ2v) is 6.72. The van der Waals surface area contributed by atoms with E-state index in [-0.39, 0.29) is 22.9 Å². The van der Waals surface area contributed by atoms with Gasteiger partial charge in [-0.2, -0.15) is 0 Å². The Kier molecular flexibility index (Phi) is 5.59. The highest BCUT2D eigenvalue weighted by atomic mass is 32.2. The first-order valence-electron chi connectivity index (χ1n) is 7.95. The molecule has 3 rings (SSSR count). The lowest BCUT2D eigenvalue weighted by atomic mass is 10.0. The number of carboxylic acid groups (broad SMARTS) is 1. The molecule has 146 valence electrons. The van der Waals surface area contributed by atoms with Crippen LogP contribution in [0.15, 0.2) is 35.1 Å². The number of anilines is 1. The number of pyridine rings is 1. The summed E-state index contributed by atoms with van der Waals surface area (Å²) < 4.78 is 0. The van der Waals surface area contributed by atoms with Crippen LogP contribution in [0.2, 0.25) is 0 Å². The second-order valence-electron chi connectivity index (χ2n) is 5.57. The molecule has 0 aromatic carbocycles. The van der Waals surface area contributed by atoms with Gasteiger partial charge in [0.1, 0.15) is 35.7 Å². The second kappa shape index (κ2) is 8.08. The van der Waals surface area contributed by atoms with E-state index < -0.39 is 29.2 Å². The zero-order valence-electron chi connectivity index (χ0n) is 14.5. The van der Waals surface area contributed by atoms with Crippen LogP contribution in [0.3, 0.4) is 0 Å². The number of fused-ring (bicyclic) bond motifs is 1. The van der Waals surface area contributed by atoms with Gasteiger partial charge in [-0.15, -0.1) is 11.8 Å². The summed E-state index contributed by atoms with van der Waals surface area (Å²) in [6, 6.07) is 3.66. The van der Waals surface area contributed by atoms with E-state index in [1.807, 2.05) is 0 Å². The Labute approximate surface area is 162 Å². The molecule has 0 spiro atoms. The molecule has 2 aliphatic rings. The van der Waals surface area contributed by atoms with Gasteiger partial charge in [0.2, 0.25) is 6.41 Å². The first-order chi connectivity index (χ1) is 13.5. The fraction of sp³-hybridized carbons (Fsp3) is 0.250. The number of amides is 3. The number of carbonyl (C=O) groups excluding carboxylic acids is 3. The normalized spacial score (nSPS) is 21.0. The summed E-state index contributed by atoms with van der Waals surface area (Å²) in [5.41, 5.74) is -0.172. The Morgan fingerprint density at radius 1 is 1.46 bits per heavy atom. The number of aliphatic carboxylic acids is 1. The zero-order valence-corrected chi connectivity index (χ0v) is 15.3. The van der Waals surface area contributed by atoms with Crippen molar-refractivity contribution in [3.8, 4) is 0 Å². The van der Waals surface area contributed by atoms with Crippen molar-refractivity contribution in [1.82, 2.24) is 15.2 Å². The number of β-lactam (4-membered cyclic amide) rings is 1. The Morgan fingerprint density at radius 3 is 2.93 bits per heavy atom. The summed E-state index contributed by atoms with van der Waals surface area (Å²) in [7, 11) is 1.25. The molecule has 3 N–H and O–H groups in total. The molecule has 0 radical (unpaired) electrons. The fourth-order valence-electron chi connectivity index (χ4n) is 2.75. The summed E-state index contributed by atoms with van der Waals surface area (Å²) >= 11 is 1.33. The molecule has 2 aliphatic heterocycles. The molecule has 0 saturated carbocycles. The van der Waals surface area contributed by atoms with E-state index in [9.17, 15) is 24.3 Å². The monoisotopic (exact) mass is 405 g/mol. The summed E-state index contributed by atoms with van der Waals surface area (Å²) in [6.07, 6.45) is 1.89. The van der Waals surface area contributed by atoms with Crippen LogP contribution in [-0.2, 0) is 24.0 Å². The maximum Gasteiger partial charge on any atom is 0.352 e. The molecule has 1 saturated heterocycles. The molecule has 1 unspecified atom stereocenters. The minimum Gasteiger partial charge on any atom is -0.477 e. The highest BCUT2D eigenvalue weighted by molar-refractivity contribution is 8.00. The number of thioether (sulfide) groups is 1. The van der Waals surface area contributed by atoms with Gasteiger partial charge in [-0.1, -0.05) is 11.2 Å². The number of aromatic nitrogens is 1. The van der Waals surface area contributed by atoms with Crippen LogP contribution >= 0.6 is 11.8 Å². The molecular formula is C16H15N5O6S. The molecule has 2 atom stereocenters. The van der Waals surface area contributed by atoms with Crippen LogP contribution in [0.4, 0.5) is 5.82 Å². The Morgan fingerprint density at radius 2 is 2.25 bits per heavy atom. The summed E-state index contributed by atoms with van der Waals surface area (Å²) in [5, 5.41) is 17.2. The van der Waals surface area contributed by atoms with Crippen molar-refractivity contribution >= 4 is 47.5 Å². The number of carbonyl (C=O) groups is 4. The maximum atomic E-state index is 12.7. The van der Waals surface area contributed by atoms with Gasteiger partial charge < -0.3 is 20.6 Å². The van der Waals surface area contributed by atoms with E-state index in [2.05, 4.69) is 20.8 Å². The van der Waals surface area contributed by atoms with Gasteiger partial charge in [-0.05, 0) is 18.2 Å². The van der Waals surface area contributed by atoms with Gasteiger partial charge >= 0.3 is 5.97 Å². The quantitative estimate of drug-likeness (QED) is 0.235. The smallest absolute Gasteiger partial charge is 0.352 e. The van der Waals surface area contributed by atoms with Crippen LogP contribution in [0.5, 0.6) is 0 Å². The number of nitrogens with one attached hydrogen (secondary N) is 2. The van der Waals surface area contributed by atoms with Crippen molar-refractivity contribution < 1.29 is 29.1 Å². The lowest BCUT2D eigenvalue weighted by molar-refractivity contribution is -0.150. The van der Waals surface area contributed by atoms with E-state index in [0.29, 0.717) is 12.2 Å². The summed E-state index contributed by atoms with van der Waals surface area (Å²) in [4.78, 5) is 56.8. The van der Waals surface area contributed by atoms with Crippen molar-refractivity contribution in [2.75, 3.05) is 18.2 Å². The predicted molar refractivity (Wildman–Crippen MR) is 98.2 cm³/mol. The first kappa shape index (κ1) is 19.4. The van der Waals surface area contributed by atoms with Gasteiger partial charge in [0.15, 0.2) is 5.71 Å². The number of hydrogen-bond donors (Lipinski definition) is 3. The molecule has 0 aliphatic carbocycles. The van der Waals surface area contributed by atoms with Gasteiger partial charge in [0.25, 0.3) is 11.8 Å². The van der Waals surface area contributed by atoms with E-state index in [1.54, 1.807) is 6.07 Å². The van der Waals surface area contributed by atoms with Gasteiger partial charge in [0, 0.05) is 5.75 Å². The standard InChI is InChI=1S/C16H15N5O6S/c1-27-20-11(8-3-2-4-10(18-8)17-7-22)13(23)19-12-14(24)21-9(16(25)26)5-6-28-15(12)21/h2-5,7,12,15H,6H2,1H3,(H,19,23)(H,25,26)(H,17,18,22)/t12?,15-/m1/s1. The van der Waals surface area contributed by atoms with Crippen LogP contribution < -0.4 is 10.6 Å². The third-order valence-corrected chi connectivity index (χ3v) is 5.13. The fourth-order valence-corrected chi connectivity index (χ4v) is 3.95. The minimum absolute atomic E-state index is 0.0978. The van der Waals surface area contributed by atoms with Gasteiger partial charge in [0.05, 0.1) is 0 Å². The van der Waals surface area contributed by atoms with Crippen LogP contribution in [0.25, 0.3) is 0 Å². The Bertz CT molecular complexity index is 901. The molecule has 3 heterocycles. The molecule has 12 heteroatoms. The molecule has 0 bridgehead atoms. The molecule has 1 aromatic rings. The Balaban J connectivity index is 1.78. The highest BCUT2D eigenvalue weighted by Gasteiger charge is 2.53. The van der Waals surface area contributed by atoms with Crippen LogP contribution in [0.1, 0.15) is 5.69 Å². The molecule has 1 aromatic heterocycles. The maximum absolute atomic E-state index is 12.7. The number of carboxylic acids is 1. The highest BCUT2D eigenvalue weighted by Crippen LogP contribution is 2.37. The topological polar surface area (TPSA) is 150 Å². The largest absolute Gasteiger partial charge is 0.477 e. The van der Waals surface area contributed by atoms with E-state index in [1.165, 1.54) is 37.1 Å². The van der Waals surface area contributed by atoms with Crippen LogP contribution in [-0.4, -0.2) is 69.2 Å². The third kappa shape index (κ3) is 3.53. The van der Waals surface area contributed by atoms with E-state index in [4.69, 9.17) is 4.84 Å². The first-order valence-corrected chi connectivity index (χ1v) is 9.00. The number of nitrogens with zero attached hydrogens (tertiary/aromatic N) is 3. The number of rotatable bonds is 7. The number of oxime groups is 1. The zero-order chi connectivity index (χ0) is 20.3. The molecule has 28 heavy (non-hydrogen) atoms. The van der Waals surface area contributed by atoms with E-state index in [0.717, 1.165) is 4.90 Å². The summed E-state index contributed by atoms with van der Waals surface area (Å²) in [5.74, 6) is -1.84. The third-order valence-electron chi connectivity index (χ3n) is 3.95. The van der Waals surface area contributed by atoms with Crippen molar-refractivity contribution in [3.05, 3.63) is 35.7 Å². The van der Waals surface area contributed by atoms with Crippen molar-refractivity contribution in [1.29, 1.82) is 0 Å². The van der Waals surface area contributed by atoms with Crippen LogP contribution in [0, 0.1) is 0 Å². The average molecular weight is 405 g/mol. The van der Waals surface area contributed by atoms with Crippen molar-refractivity contribution in [2.45, 2.75) is 11.4 Å².